The number of hydrogen-bond donors (Lipinski definition) is 0. The Morgan fingerprint density at radius 1 is 1.05 bits per heavy atom. The van der Waals surface area contributed by atoms with Crippen LogP contribution < -0.4 is 4.90 Å². The maximum Gasteiger partial charge on any atom is 0.216 e. The Bertz CT molecular complexity index is 425. The second-order valence-electron chi connectivity index (χ2n) is 4.92. The standard InChI is InChI=1S/C14H18Cl4N2/c15-5-2-6-19-7-9-20(10-8-19)13-4-1-3-12(11-13)14(16,17)18/h1,3-4,11H,2,5-10H2. The van der Waals surface area contributed by atoms with Crippen LogP contribution in [0.4, 0.5) is 5.69 Å². The molecule has 1 saturated heterocycles. The fourth-order valence-corrected chi connectivity index (χ4v) is 2.86. The lowest BCUT2D eigenvalue weighted by Crippen LogP contribution is -2.46. The van der Waals surface area contributed by atoms with Crippen LogP contribution in [0.5, 0.6) is 0 Å². The molecule has 0 N–H and O–H groups in total. The SMILES string of the molecule is ClCCCN1CCN(c2cccc(C(Cl)(Cl)Cl)c2)CC1. The van der Waals surface area contributed by atoms with E-state index < -0.39 is 3.79 Å². The maximum atomic E-state index is 5.94. The number of anilines is 1. The molecule has 2 rings (SSSR count). The van der Waals surface area contributed by atoms with Crippen LogP contribution in [0.1, 0.15) is 12.0 Å². The van der Waals surface area contributed by atoms with Gasteiger partial charge in [0.25, 0.3) is 0 Å². The second-order valence-corrected chi connectivity index (χ2v) is 7.58. The summed E-state index contributed by atoms with van der Waals surface area (Å²) in [7, 11) is 0. The zero-order chi connectivity index (χ0) is 14.6. The van der Waals surface area contributed by atoms with Gasteiger partial charge in [0.1, 0.15) is 0 Å². The van der Waals surface area contributed by atoms with Gasteiger partial charge in [0.2, 0.25) is 3.79 Å². The summed E-state index contributed by atoms with van der Waals surface area (Å²) in [5.74, 6) is 0.728. The van der Waals surface area contributed by atoms with Crippen molar-refractivity contribution in [3.05, 3.63) is 29.8 Å². The summed E-state index contributed by atoms with van der Waals surface area (Å²) in [6, 6.07) is 7.80. The first-order valence-electron chi connectivity index (χ1n) is 6.71. The number of nitrogens with zero attached hydrogens (tertiary/aromatic N) is 2. The zero-order valence-electron chi connectivity index (χ0n) is 11.2. The molecular formula is C14H18Cl4N2. The first kappa shape index (κ1) is 16.5. The van der Waals surface area contributed by atoms with E-state index in [1.807, 2.05) is 18.2 Å². The van der Waals surface area contributed by atoms with E-state index in [-0.39, 0.29) is 0 Å². The van der Waals surface area contributed by atoms with Crippen molar-refractivity contribution in [2.45, 2.75) is 10.2 Å². The lowest BCUT2D eigenvalue weighted by atomic mass is 10.2. The van der Waals surface area contributed by atoms with Gasteiger partial charge in [-0.2, -0.15) is 0 Å². The third-order valence-electron chi connectivity index (χ3n) is 3.52. The number of halogens is 4. The molecule has 0 aliphatic carbocycles. The van der Waals surface area contributed by atoms with Crippen LogP contribution in [0.15, 0.2) is 24.3 Å². The molecule has 0 aromatic heterocycles. The number of benzene rings is 1. The monoisotopic (exact) mass is 354 g/mol. The van der Waals surface area contributed by atoms with Crippen molar-refractivity contribution in [3.8, 4) is 0 Å². The Kier molecular flexibility index (Phi) is 6.12. The van der Waals surface area contributed by atoms with Gasteiger partial charge in [0.15, 0.2) is 0 Å². The van der Waals surface area contributed by atoms with Crippen LogP contribution in [-0.4, -0.2) is 43.5 Å². The van der Waals surface area contributed by atoms with E-state index in [0.717, 1.165) is 50.7 Å². The number of rotatable bonds is 4. The van der Waals surface area contributed by atoms with Crippen molar-refractivity contribution in [1.29, 1.82) is 0 Å². The van der Waals surface area contributed by atoms with Crippen LogP contribution >= 0.6 is 46.4 Å². The Balaban J connectivity index is 1.97. The first-order valence-corrected chi connectivity index (χ1v) is 8.38. The summed E-state index contributed by atoms with van der Waals surface area (Å²) in [5.41, 5.74) is 1.83. The quantitative estimate of drug-likeness (QED) is 0.744. The van der Waals surface area contributed by atoms with Gasteiger partial charge in [0, 0.05) is 43.3 Å². The fourth-order valence-electron chi connectivity index (χ4n) is 2.39. The third-order valence-corrected chi connectivity index (χ3v) is 4.44. The Labute approximate surface area is 140 Å². The molecule has 1 aromatic rings. The van der Waals surface area contributed by atoms with Gasteiger partial charge in [-0.1, -0.05) is 46.9 Å². The van der Waals surface area contributed by atoms with E-state index >= 15 is 0 Å². The Hall–Kier alpha value is 0.140. The molecule has 2 nitrogen and oxygen atoms in total. The van der Waals surface area contributed by atoms with Crippen LogP contribution in [0, 0.1) is 0 Å². The zero-order valence-corrected chi connectivity index (χ0v) is 14.2. The molecule has 0 atom stereocenters. The lowest BCUT2D eigenvalue weighted by Gasteiger charge is -2.36. The highest BCUT2D eigenvalue weighted by Gasteiger charge is 2.24. The molecule has 0 radical (unpaired) electrons. The highest BCUT2D eigenvalue weighted by molar-refractivity contribution is 6.66. The van der Waals surface area contributed by atoms with Crippen LogP contribution in [0.2, 0.25) is 0 Å². The van der Waals surface area contributed by atoms with Crippen molar-refractivity contribution < 1.29 is 0 Å². The van der Waals surface area contributed by atoms with Gasteiger partial charge >= 0.3 is 0 Å². The molecular weight excluding hydrogens is 338 g/mol. The molecule has 1 aliphatic rings. The molecule has 0 bridgehead atoms. The Morgan fingerprint density at radius 2 is 1.75 bits per heavy atom. The van der Waals surface area contributed by atoms with E-state index in [0.29, 0.717) is 5.56 Å². The number of alkyl halides is 4. The van der Waals surface area contributed by atoms with Gasteiger partial charge < -0.3 is 4.90 Å². The van der Waals surface area contributed by atoms with E-state index in [1.54, 1.807) is 0 Å². The molecule has 0 spiro atoms. The molecule has 1 fully saturated rings. The van der Waals surface area contributed by atoms with E-state index in [1.165, 1.54) is 0 Å². The molecule has 1 aliphatic heterocycles. The summed E-state index contributed by atoms with van der Waals surface area (Å²) >= 11 is 23.6. The van der Waals surface area contributed by atoms with Crippen LogP contribution in [-0.2, 0) is 3.79 Å². The summed E-state index contributed by atoms with van der Waals surface area (Å²) in [5, 5.41) is 0. The number of hydrogen-bond acceptors (Lipinski definition) is 2. The molecule has 0 amide bonds. The molecule has 20 heavy (non-hydrogen) atoms. The van der Waals surface area contributed by atoms with Gasteiger partial charge in [-0.25, -0.2) is 0 Å². The third kappa shape index (κ3) is 4.57. The lowest BCUT2D eigenvalue weighted by molar-refractivity contribution is 0.259. The van der Waals surface area contributed by atoms with Crippen molar-refractivity contribution in [1.82, 2.24) is 4.90 Å². The van der Waals surface area contributed by atoms with Gasteiger partial charge in [-0.3, -0.25) is 4.90 Å². The minimum Gasteiger partial charge on any atom is -0.369 e. The van der Waals surface area contributed by atoms with E-state index in [4.69, 9.17) is 46.4 Å². The van der Waals surface area contributed by atoms with Crippen molar-refractivity contribution >= 4 is 52.1 Å². The highest BCUT2D eigenvalue weighted by Crippen LogP contribution is 2.39. The van der Waals surface area contributed by atoms with Crippen molar-refractivity contribution in [2.75, 3.05) is 43.5 Å². The first-order chi connectivity index (χ1) is 9.50. The predicted molar refractivity (Wildman–Crippen MR) is 89.7 cm³/mol. The van der Waals surface area contributed by atoms with Gasteiger partial charge in [0.05, 0.1) is 0 Å². The molecule has 0 saturated carbocycles. The van der Waals surface area contributed by atoms with Gasteiger partial charge in [-0.05, 0) is 25.1 Å². The summed E-state index contributed by atoms with van der Waals surface area (Å²) < 4.78 is -1.36. The van der Waals surface area contributed by atoms with Crippen LogP contribution in [0.3, 0.4) is 0 Å². The molecule has 6 heteroatoms. The molecule has 112 valence electrons. The molecule has 1 heterocycles. The smallest absolute Gasteiger partial charge is 0.216 e. The minimum atomic E-state index is -1.36. The topological polar surface area (TPSA) is 6.48 Å². The molecule has 0 unspecified atom stereocenters. The minimum absolute atomic E-state index is 0.713. The average molecular weight is 356 g/mol. The van der Waals surface area contributed by atoms with Gasteiger partial charge in [-0.15, -0.1) is 11.6 Å². The predicted octanol–water partition coefficient (Wildman–Crippen LogP) is 4.26. The Morgan fingerprint density at radius 3 is 2.35 bits per heavy atom. The fraction of sp³-hybridized carbons (Fsp3) is 0.571. The number of piperazine rings is 1. The molecule has 1 aromatic carbocycles. The van der Waals surface area contributed by atoms with Crippen molar-refractivity contribution in [2.24, 2.45) is 0 Å². The summed E-state index contributed by atoms with van der Waals surface area (Å²) in [6.45, 7) is 5.16. The average Bonchev–Trinajstić information content (AvgIpc) is 2.45. The largest absolute Gasteiger partial charge is 0.369 e. The van der Waals surface area contributed by atoms with Crippen LogP contribution in [0.25, 0.3) is 0 Å². The van der Waals surface area contributed by atoms with E-state index in [9.17, 15) is 0 Å². The summed E-state index contributed by atoms with van der Waals surface area (Å²) in [4.78, 5) is 4.77. The van der Waals surface area contributed by atoms with E-state index in [2.05, 4.69) is 15.9 Å². The van der Waals surface area contributed by atoms with Crippen molar-refractivity contribution in [3.63, 3.8) is 0 Å². The normalized spacial score (nSPS) is 17.5. The summed E-state index contributed by atoms with van der Waals surface area (Å²) in [6.07, 6.45) is 1.05. The maximum absolute atomic E-state index is 5.94. The second kappa shape index (κ2) is 7.42. The highest BCUT2D eigenvalue weighted by atomic mass is 35.6.